The Bertz CT molecular complexity index is 562. The molecular weight excluding hydrogens is 248 g/mol. The summed E-state index contributed by atoms with van der Waals surface area (Å²) in [5, 5.41) is 9.77. The Hall–Kier alpha value is -1.90. The van der Waals surface area contributed by atoms with Gasteiger partial charge in [0.05, 0.1) is 6.10 Å². The maximum Gasteiger partial charge on any atom is 0.156 e. The fourth-order valence-corrected chi connectivity index (χ4v) is 2.66. The fraction of sp³-hybridized carbons (Fsp3) is 0.222. The van der Waals surface area contributed by atoms with Crippen LogP contribution in [0.3, 0.4) is 0 Å². The van der Waals surface area contributed by atoms with Gasteiger partial charge in [0, 0.05) is 12.3 Å². The average molecular weight is 266 g/mol. The summed E-state index contributed by atoms with van der Waals surface area (Å²) in [6, 6.07) is 20.4. The van der Waals surface area contributed by atoms with E-state index in [9.17, 15) is 5.11 Å². The smallest absolute Gasteiger partial charge is 0.156 e. The summed E-state index contributed by atoms with van der Waals surface area (Å²) in [4.78, 5) is 0. The summed E-state index contributed by atoms with van der Waals surface area (Å²) in [5.41, 5.74) is 2.36. The van der Waals surface area contributed by atoms with Crippen molar-refractivity contribution in [3.8, 4) is 0 Å². The second kappa shape index (κ2) is 6.04. The Balaban J connectivity index is 1.79. The van der Waals surface area contributed by atoms with Gasteiger partial charge in [0.25, 0.3) is 0 Å². The Morgan fingerprint density at radius 1 is 0.950 bits per heavy atom. The molecule has 0 radical (unpaired) electrons. The van der Waals surface area contributed by atoms with E-state index in [-0.39, 0.29) is 12.0 Å². The Kier molecular flexibility index (Phi) is 3.95. The first kappa shape index (κ1) is 13.1. The minimum absolute atomic E-state index is 0.0763. The van der Waals surface area contributed by atoms with Crippen LogP contribution in [0.15, 0.2) is 66.7 Å². The average Bonchev–Trinajstić information content (AvgIpc) is 2.88. The van der Waals surface area contributed by atoms with Crippen LogP contribution in [0.4, 0.5) is 0 Å². The molecule has 1 N–H and O–H groups in total. The summed E-state index contributed by atoms with van der Waals surface area (Å²) >= 11 is 0. The standard InChI is InChI=1S/C18H18O2/c19-18-13-16(15-9-5-2-6-10-15)17(20-18)12-11-14-7-3-1-4-8-14/h1-12,16-19H,13H2/b12-11+/t16-,17-,18-/m1/s1. The van der Waals surface area contributed by atoms with Crippen molar-refractivity contribution in [2.45, 2.75) is 24.7 Å². The largest absolute Gasteiger partial charge is 0.368 e. The number of ether oxygens (including phenoxy) is 1. The molecule has 0 bridgehead atoms. The van der Waals surface area contributed by atoms with Crippen LogP contribution in [0.25, 0.3) is 6.08 Å². The van der Waals surface area contributed by atoms with Gasteiger partial charge in [-0.3, -0.25) is 0 Å². The highest BCUT2D eigenvalue weighted by Gasteiger charge is 2.33. The van der Waals surface area contributed by atoms with Crippen molar-refractivity contribution in [3.05, 3.63) is 77.9 Å². The SMILES string of the molecule is O[C@H]1C[C@H](c2ccccc2)[C@@H](/C=C/c2ccccc2)O1. The predicted molar refractivity (Wildman–Crippen MR) is 80.2 cm³/mol. The molecule has 1 saturated heterocycles. The van der Waals surface area contributed by atoms with E-state index in [0.29, 0.717) is 6.42 Å². The lowest BCUT2D eigenvalue weighted by atomic mass is 9.92. The summed E-state index contributed by atoms with van der Waals surface area (Å²) < 4.78 is 5.62. The maximum atomic E-state index is 9.77. The third kappa shape index (κ3) is 2.98. The van der Waals surface area contributed by atoms with Gasteiger partial charge in [0.15, 0.2) is 6.29 Å². The molecule has 1 aliphatic heterocycles. The van der Waals surface area contributed by atoms with Gasteiger partial charge < -0.3 is 9.84 Å². The molecule has 0 aliphatic carbocycles. The van der Waals surface area contributed by atoms with E-state index in [0.717, 1.165) is 5.56 Å². The maximum absolute atomic E-state index is 9.77. The minimum atomic E-state index is -0.675. The molecule has 2 aromatic carbocycles. The van der Waals surface area contributed by atoms with Gasteiger partial charge in [-0.05, 0) is 11.1 Å². The molecule has 2 heteroatoms. The van der Waals surface area contributed by atoms with E-state index < -0.39 is 6.29 Å². The Labute approximate surface area is 119 Å². The fourth-order valence-electron chi connectivity index (χ4n) is 2.66. The molecule has 0 unspecified atom stereocenters. The lowest BCUT2D eigenvalue weighted by molar-refractivity contribution is -0.0780. The van der Waals surface area contributed by atoms with Gasteiger partial charge in [-0.2, -0.15) is 0 Å². The molecule has 1 aliphatic rings. The summed E-state index contributed by atoms with van der Waals surface area (Å²) in [7, 11) is 0. The zero-order valence-electron chi connectivity index (χ0n) is 11.2. The van der Waals surface area contributed by atoms with Crippen LogP contribution < -0.4 is 0 Å². The van der Waals surface area contributed by atoms with E-state index in [1.807, 2.05) is 42.5 Å². The summed E-state index contributed by atoms with van der Waals surface area (Å²) in [6.45, 7) is 0. The van der Waals surface area contributed by atoms with Gasteiger partial charge in [0.2, 0.25) is 0 Å². The molecule has 2 aromatic rings. The van der Waals surface area contributed by atoms with Crippen molar-refractivity contribution in [1.29, 1.82) is 0 Å². The van der Waals surface area contributed by atoms with E-state index in [4.69, 9.17) is 4.74 Å². The summed E-state index contributed by atoms with van der Waals surface area (Å²) in [6.07, 6.45) is 3.99. The first-order chi connectivity index (χ1) is 9.83. The summed E-state index contributed by atoms with van der Waals surface area (Å²) in [5.74, 6) is 0.214. The predicted octanol–water partition coefficient (Wildman–Crippen LogP) is 3.59. The lowest BCUT2D eigenvalue weighted by Gasteiger charge is -2.14. The number of hydrogen-bond donors (Lipinski definition) is 1. The van der Waals surface area contributed by atoms with Gasteiger partial charge in [-0.25, -0.2) is 0 Å². The quantitative estimate of drug-likeness (QED) is 0.920. The topological polar surface area (TPSA) is 29.5 Å². The Morgan fingerprint density at radius 2 is 1.60 bits per heavy atom. The van der Waals surface area contributed by atoms with Crippen LogP contribution in [0, 0.1) is 0 Å². The van der Waals surface area contributed by atoms with Gasteiger partial charge in [0.1, 0.15) is 0 Å². The van der Waals surface area contributed by atoms with Crippen molar-refractivity contribution in [2.24, 2.45) is 0 Å². The number of benzene rings is 2. The Morgan fingerprint density at radius 3 is 2.30 bits per heavy atom. The van der Waals surface area contributed by atoms with Crippen LogP contribution in [-0.4, -0.2) is 17.5 Å². The highest BCUT2D eigenvalue weighted by Crippen LogP contribution is 2.35. The first-order valence-electron chi connectivity index (χ1n) is 6.94. The highest BCUT2D eigenvalue weighted by atomic mass is 16.6. The first-order valence-corrected chi connectivity index (χ1v) is 6.94. The molecule has 1 heterocycles. The molecule has 0 spiro atoms. The van der Waals surface area contributed by atoms with E-state index in [1.165, 1.54) is 5.56 Å². The molecule has 0 saturated carbocycles. The van der Waals surface area contributed by atoms with Crippen molar-refractivity contribution in [2.75, 3.05) is 0 Å². The van der Waals surface area contributed by atoms with Gasteiger partial charge >= 0.3 is 0 Å². The van der Waals surface area contributed by atoms with Gasteiger partial charge in [-0.15, -0.1) is 0 Å². The molecule has 1 fully saturated rings. The van der Waals surface area contributed by atoms with Crippen LogP contribution in [0.5, 0.6) is 0 Å². The van der Waals surface area contributed by atoms with Crippen LogP contribution >= 0.6 is 0 Å². The van der Waals surface area contributed by atoms with E-state index in [2.05, 4.69) is 30.3 Å². The third-order valence-electron chi connectivity index (χ3n) is 3.67. The van der Waals surface area contributed by atoms with Gasteiger partial charge in [-0.1, -0.05) is 72.8 Å². The normalized spacial score (nSPS) is 26.1. The number of rotatable bonds is 3. The van der Waals surface area contributed by atoms with E-state index in [1.54, 1.807) is 0 Å². The number of aliphatic hydroxyl groups is 1. The second-order valence-electron chi connectivity index (χ2n) is 5.08. The molecule has 0 amide bonds. The van der Waals surface area contributed by atoms with E-state index >= 15 is 0 Å². The van der Waals surface area contributed by atoms with Crippen molar-refractivity contribution in [3.63, 3.8) is 0 Å². The van der Waals surface area contributed by atoms with Crippen LogP contribution in [0.2, 0.25) is 0 Å². The molecule has 2 nitrogen and oxygen atoms in total. The molecule has 102 valence electrons. The molecule has 0 aromatic heterocycles. The molecular formula is C18H18O2. The van der Waals surface area contributed by atoms with Crippen molar-refractivity contribution in [1.82, 2.24) is 0 Å². The third-order valence-corrected chi connectivity index (χ3v) is 3.67. The number of hydrogen-bond acceptors (Lipinski definition) is 2. The van der Waals surface area contributed by atoms with Crippen LogP contribution in [0.1, 0.15) is 23.5 Å². The second-order valence-corrected chi connectivity index (χ2v) is 5.08. The highest BCUT2D eigenvalue weighted by molar-refractivity contribution is 5.50. The monoisotopic (exact) mass is 266 g/mol. The zero-order valence-corrected chi connectivity index (χ0v) is 11.2. The lowest BCUT2D eigenvalue weighted by Crippen LogP contribution is -2.11. The molecule has 20 heavy (non-hydrogen) atoms. The minimum Gasteiger partial charge on any atom is -0.368 e. The molecule has 3 atom stereocenters. The number of aliphatic hydroxyl groups excluding tert-OH is 1. The molecule has 3 rings (SSSR count). The van der Waals surface area contributed by atoms with Crippen LogP contribution in [-0.2, 0) is 4.74 Å². The zero-order chi connectivity index (χ0) is 13.8. The van der Waals surface area contributed by atoms with Crippen molar-refractivity contribution >= 4 is 6.08 Å². The van der Waals surface area contributed by atoms with Crippen molar-refractivity contribution < 1.29 is 9.84 Å².